The van der Waals surface area contributed by atoms with Crippen LogP contribution in [-0.4, -0.2) is 9.97 Å². The summed E-state index contributed by atoms with van der Waals surface area (Å²) in [6, 6.07) is 9.96. The highest BCUT2D eigenvalue weighted by Gasteiger charge is 2.35. The van der Waals surface area contributed by atoms with E-state index < -0.39 is 12.0 Å². The number of hydrogen-bond donors (Lipinski definition) is 1. The maximum atomic E-state index is 12.8. The van der Waals surface area contributed by atoms with E-state index in [1.54, 1.807) is 30.3 Å². The van der Waals surface area contributed by atoms with Gasteiger partial charge in [-0.2, -0.15) is 13.2 Å². The Balaban J connectivity index is 2.02. The fourth-order valence-electron chi connectivity index (χ4n) is 1.92. The molecule has 0 saturated heterocycles. The number of para-hydroxylation sites is 1. The number of fused-ring (bicyclic) bond motifs is 1. The fraction of sp³-hybridized carbons (Fsp3) is 0.143. The first-order valence-electron chi connectivity index (χ1n) is 6.14. The first kappa shape index (κ1) is 13.4. The minimum absolute atomic E-state index is 0.129. The molecule has 0 spiro atoms. The van der Waals surface area contributed by atoms with Gasteiger partial charge in [-0.05, 0) is 24.3 Å². The zero-order valence-electron chi connectivity index (χ0n) is 10.7. The number of nitrogens with zero attached hydrogens (tertiary/aromatic N) is 2. The summed E-state index contributed by atoms with van der Waals surface area (Å²) in [4.78, 5) is 7.14. The van der Waals surface area contributed by atoms with E-state index in [1.165, 1.54) is 12.3 Å². The molecule has 2 aromatic heterocycles. The van der Waals surface area contributed by atoms with Crippen LogP contribution in [0.2, 0.25) is 0 Å². The molecule has 0 aliphatic rings. The molecule has 3 rings (SSSR count). The van der Waals surface area contributed by atoms with Gasteiger partial charge in [0, 0.05) is 5.39 Å². The van der Waals surface area contributed by atoms with Crippen molar-refractivity contribution in [2.24, 2.45) is 0 Å². The third-order valence-electron chi connectivity index (χ3n) is 2.87. The number of rotatable bonds is 3. The zero-order valence-corrected chi connectivity index (χ0v) is 10.7. The predicted molar refractivity (Wildman–Crippen MR) is 70.6 cm³/mol. The molecule has 108 valence electrons. The first-order chi connectivity index (χ1) is 10.0. The highest BCUT2D eigenvalue weighted by molar-refractivity contribution is 5.88. The molecule has 0 bridgehead atoms. The molecule has 3 aromatic rings. The molecule has 0 aliphatic carbocycles. The molecule has 0 aliphatic heterocycles. The lowest BCUT2D eigenvalue weighted by molar-refractivity contribution is -0.144. The number of benzene rings is 1. The topological polar surface area (TPSA) is 51.0 Å². The molecular formula is C14H10F3N3O. The Bertz CT molecular complexity index is 754. The largest absolute Gasteiger partial charge is 0.467 e. The van der Waals surface area contributed by atoms with Crippen molar-refractivity contribution in [1.29, 1.82) is 0 Å². The van der Waals surface area contributed by atoms with Crippen LogP contribution in [0.15, 0.2) is 47.1 Å². The molecule has 1 aromatic carbocycles. The van der Waals surface area contributed by atoms with Crippen LogP contribution in [-0.2, 0) is 12.7 Å². The summed E-state index contributed by atoms with van der Waals surface area (Å²) in [5, 5.41) is 3.38. The maximum Gasteiger partial charge on any atom is 0.451 e. The van der Waals surface area contributed by atoms with E-state index in [1.807, 2.05) is 0 Å². The van der Waals surface area contributed by atoms with Gasteiger partial charge in [0.2, 0.25) is 5.82 Å². The summed E-state index contributed by atoms with van der Waals surface area (Å²) in [5.41, 5.74) is 0.238. The summed E-state index contributed by atoms with van der Waals surface area (Å²) in [6.07, 6.45) is -3.10. The SMILES string of the molecule is FC(F)(F)c1nc(NCc2ccco2)c2ccccc2n1. The van der Waals surface area contributed by atoms with Crippen LogP contribution in [0.5, 0.6) is 0 Å². The second kappa shape index (κ2) is 5.08. The molecule has 1 N–H and O–H groups in total. The van der Waals surface area contributed by atoms with Crippen LogP contribution < -0.4 is 5.32 Å². The van der Waals surface area contributed by atoms with Gasteiger partial charge in [-0.3, -0.25) is 0 Å². The van der Waals surface area contributed by atoms with Crippen molar-refractivity contribution in [1.82, 2.24) is 9.97 Å². The molecule has 0 radical (unpaired) electrons. The normalized spacial score (nSPS) is 11.8. The van der Waals surface area contributed by atoms with E-state index >= 15 is 0 Å². The Morgan fingerprint density at radius 2 is 1.86 bits per heavy atom. The van der Waals surface area contributed by atoms with Crippen molar-refractivity contribution in [3.8, 4) is 0 Å². The summed E-state index contributed by atoms with van der Waals surface area (Å²) in [5.74, 6) is -0.432. The van der Waals surface area contributed by atoms with E-state index in [0.717, 1.165) is 0 Å². The summed E-state index contributed by atoms with van der Waals surface area (Å²) in [6.45, 7) is 0.241. The number of alkyl halides is 3. The van der Waals surface area contributed by atoms with Crippen LogP contribution in [0.25, 0.3) is 10.9 Å². The molecule has 7 heteroatoms. The summed E-state index contributed by atoms with van der Waals surface area (Å²) in [7, 11) is 0. The Kier molecular flexibility index (Phi) is 3.25. The smallest absolute Gasteiger partial charge is 0.451 e. The van der Waals surface area contributed by atoms with Crippen LogP contribution >= 0.6 is 0 Å². The molecule has 0 amide bonds. The Morgan fingerprint density at radius 3 is 2.57 bits per heavy atom. The lowest BCUT2D eigenvalue weighted by atomic mass is 10.2. The van der Waals surface area contributed by atoms with E-state index in [4.69, 9.17) is 4.42 Å². The van der Waals surface area contributed by atoms with E-state index in [2.05, 4.69) is 15.3 Å². The minimum Gasteiger partial charge on any atom is -0.467 e. The molecule has 4 nitrogen and oxygen atoms in total. The minimum atomic E-state index is -4.59. The molecular weight excluding hydrogens is 283 g/mol. The number of hydrogen-bond acceptors (Lipinski definition) is 4. The van der Waals surface area contributed by atoms with Gasteiger partial charge in [0.15, 0.2) is 0 Å². The van der Waals surface area contributed by atoms with E-state index in [-0.39, 0.29) is 17.9 Å². The molecule has 2 heterocycles. The van der Waals surface area contributed by atoms with Crippen molar-refractivity contribution in [2.45, 2.75) is 12.7 Å². The van der Waals surface area contributed by atoms with E-state index in [0.29, 0.717) is 11.1 Å². The second-order valence-corrected chi connectivity index (χ2v) is 4.34. The van der Waals surface area contributed by atoms with Crippen LogP contribution in [0.3, 0.4) is 0 Å². The molecule has 0 unspecified atom stereocenters. The second-order valence-electron chi connectivity index (χ2n) is 4.34. The Labute approximate surface area is 117 Å². The summed E-state index contributed by atoms with van der Waals surface area (Å²) >= 11 is 0. The van der Waals surface area contributed by atoms with Crippen molar-refractivity contribution < 1.29 is 17.6 Å². The first-order valence-corrected chi connectivity index (χ1v) is 6.14. The number of aromatic nitrogens is 2. The maximum absolute atomic E-state index is 12.8. The molecule has 21 heavy (non-hydrogen) atoms. The van der Waals surface area contributed by atoms with Crippen molar-refractivity contribution in [3.63, 3.8) is 0 Å². The summed E-state index contributed by atoms with van der Waals surface area (Å²) < 4.78 is 43.7. The third kappa shape index (κ3) is 2.81. The average Bonchev–Trinajstić information content (AvgIpc) is 2.96. The van der Waals surface area contributed by atoms with Gasteiger partial charge in [-0.25, -0.2) is 9.97 Å². The number of nitrogens with one attached hydrogen (secondary N) is 1. The van der Waals surface area contributed by atoms with Gasteiger partial charge in [0.25, 0.3) is 0 Å². The average molecular weight is 293 g/mol. The number of halogens is 3. The zero-order chi connectivity index (χ0) is 14.9. The van der Waals surface area contributed by atoms with Crippen LogP contribution in [0.4, 0.5) is 19.0 Å². The van der Waals surface area contributed by atoms with Gasteiger partial charge in [0.05, 0.1) is 18.3 Å². The predicted octanol–water partition coefficient (Wildman–Crippen LogP) is 3.85. The van der Waals surface area contributed by atoms with E-state index in [9.17, 15) is 13.2 Å². The van der Waals surface area contributed by atoms with Crippen molar-refractivity contribution in [2.75, 3.05) is 5.32 Å². The Morgan fingerprint density at radius 1 is 1.05 bits per heavy atom. The molecule has 0 saturated carbocycles. The highest BCUT2D eigenvalue weighted by Crippen LogP contribution is 2.30. The molecule has 0 atom stereocenters. The van der Waals surface area contributed by atoms with Gasteiger partial charge in [-0.1, -0.05) is 12.1 Å². The standard InChI is InChI=1S/C14H10F3N3O/c15-14(16,17)13-19-11-6-2-1-5-10(11)12(20-13)18-8-9-4-3-7-21-9/h1-7H,8H2,(H,18,19,20). The van der Waals surface area contributed by atoms with Crippen molar-refractivity contribution in [3.05, 3.63) is 54.2 Å². The van der Waals surface area contributed by atoms with Crippen LogP contribution in [0, 0.1) is 0 Å². The van der Waals surface area contributed by atoms with Crippen molar-refractivity contribution >= 4 is 16.7 Å². The lowest BCUT2D eigenvalue weighted by Gasteiger charge is -2.11. The van der Waals surface area contributed by atoms with Gasteiger partial charge in [-0.15, -0.1) is 0 Å². The fourth-order valence-corrected chi connectivity index (χ4v) is 1.92. The Hall–Kier alpha value is -2.57. The van der Waals surface area contributed by atoms with Gasteiger partial charge < -0.3 is 9.73 Å². The lowest BCUT2D eigenvalue weighted by Crippen LogP contribution is -2.13. The van der Waals surface area contributed by atoms with Gasteiger partial charge >= 0.3 is 6.18 Å². The number of anilines is 1. The highest BCUT2D eigenvalue weighted by atomic mass is 19.4. The third-order valence-corrected chi connectivity index (χ3v) is 2.87. The molecule has 0 fully saturated rings. The quantitative estimate of drug-likeness (QED) is 0.796. The monoisotopic (exact) mass is 293 g/mol. The number of furan rings is 1. The van der Waals surface area contributed by atoms with Crippen LogP contribution in [0.1, 0.15) is 11.6 Å². The van der Waals surface area contributed by atoms with Gasteiger partial charge in [0.1, 0.15) is 11.6 Å².